The van der Waals surface area contributed by atoms with E-state index in [1.165, 1.54) is 0 Å². The van der Waals surface area contributed by atoms with Crippen molar-refractivity contribution in [2.45, 2.75) is 36.0 Å². The molecule has 1 atom stereocenters. The Labute approximate surface area is 94.9 Å². The second kappa shape index (κ2) is 4.34. The molecule has 0 spiro atoms. The number of hydrogen-bond donors (Lipinski definition) is 0. The maximum atomic E-state index is 12.6. The summed E-state index contributed by atoms with van der Waals surface area (Å²) in [5.74, 6) is -3.93. The Morgan fingerprint density at radius 3 is 1.53 bits per heavy atom. The van der Waals surface area contributed by atoms with Gasteiger partial charge in [0.1, 0.15) is 0 Å². The molecule has 0 rings (SSSR count). The number of halogens is 5. The molecular weight excluding hydrogens is 295 g/mol. The zero-order valence-corrected chi connectivity index (χ0v) is 10.3. The standard InChI is InChI=1S/C6H9F5O4S2/c1-5(7,8)3-4(17(11,14)15)16(12,13)6(2,9)10/h4H,3H2,1-2H3. The van der Waals surface area contributed by atoms with E-state index >= 15 is 0 Å². The van der Waals surface area contributed by atoms with Crippen molar-refractivity contribution in [1.29, 1.82) is 0 Å². The maximum absolute atomic E-state index is 12.6. The molecule has 4 nitrogen and oxygen atoms in total. The van der Waals surface area contributed by atoms with Gasteiger partial charge in [-0.3, -0.25) is 0 Å². The predicted molar refractivity (Wildman–Crippen MR) is 48.6 cm³/mol. The molecule has 0 aliphatic rings. The van der Waals surface area contributed by atoms with Gasteiger partial charge in [0.25, 0.3) is 0 Å². The normalized spacial score (nSPS) is 16.9. The van der Waals surface area contributed by atoms with Gasteiger partial charge in [-0.25, -0.2) is 17.2 Å². The SMILES string of the molecule is CC(F)(F)CC(S(=O)(=O)F)S(=O)(=O)C(C)(F)F. The van der Waals surface area contributed by atoms with Gasteiger partial charge in [-0.2, -0.15) is 17.2 Å². The summed E-state index contributed by atoms with van der Waals surface area (Å²) in [6.45, 7) is -0.122. The van der Waals surface area contributed by atoms with Gasteiger partial charge in [0.15, 0.2) is 0 Å². The average molecular weight is 304 g/mol. The minimum atomic E-state index is -6.09. The van der Waals surface area contributed by atoms with Crippen LogP contribution in [0.2, 0.25) is 0 Å². The van der Waals surface area contributed by atoms with Gasteiger partial charge in [-0.15, -0.1) is 3.89 Å². The largest absolute Gasteiger partial charge is 0.344 e. The molecule has 0 saturated heterocycles. The summed E-state index contributed by atoms with van der Waals surface area (Å²) < 4.78 is 102. The van der Waals surface area contributed by atoms with E-state index in [0.29, 0.717) is 0 Å². The molecule has 0 aromatic rings. The first kappa shape index (κ1) is 16.6. The van der Waals surface area contributed by atoms with Crippen LogP contribution in [0.15, 0.2) is 0 Å². The molecule has 1 unspecified atom stereocenters. The average Bonchev–Trinajstić information content (AvgIpc) is 1.93. The fourth-order valence-electron chi connectivity index (χ4n) is 0.884. The van der Waals surface area contributed by atoms with Gasteiger partial charge < -0.3 is 0 Å². The van der Waals surface area contributed by atoms with Gasteiger partial charge in [0.05, 0.1) is 0 Å². The minimum Gasteiger partial charge on any atom is -0.221 e. The lowest BCUT2D eigenvalue weighted by molar-refractivity contribution is 0.0152. The summed E-state index contributed by atoms with van der Waals surface area (Å²) in [6.07, 6.45) is -2.07. The van der Waals surface area contributed by atoms with Crippen LogP contribution in [0.3, 0.4) is 0 Å². The van der Waals surface area contributed by atoms with Gasteiger partial charge in [0.2, 0.25) is 20.3 Å². The van der Waals surface area contributed by atoms with Crippen LogP contribution in [0.1, 0.15) is 20.3 Å². The van der Waals surface area contributed by atoms with Crippen LogP contribution >= 0.6 is 0 Å². The number of sulfone groups is 1. The van der Waals surface area contributed by atoms with E-state index in [0.717, 1.165) is 0 Å². The van der Waals surface area contributed by atoms with Gasteiger partial charge in [0, 0.05) is 13.3 Å². The highest BCUT2D eigenvalue weighted by Gasteiger charge is 2.54. The second-order valence-electron chi connectivity index (χ2n) is 3.53. The molecule has 0 saturated carbocycles. The molecular formula is C6H9F5O4S2. The summed E-state index contributed by atoms with van der Waals surface area (Å²) in [5.41, 5.74) is 0. The zero-order valence-electron chi connectivity index (χ0n) is 8.62. The Kier molecular flexibility index (Phi) is 4.22. The van der Waals surface area contributed by atoms with E-state index in [2.05, 4.69) is 0 Å². The van der Waals surface area contributed by atoms with E-state index in [4.69, 9.17) is 0 Å². The van der Waals surface area contributed by atoms with Crippen molar-refractivity contribution >= 4 is 20.1 Å². The topological polar surface area (TPSA) is 68.3 Å². The van der Waals surface area contributed by atoms with Crippen molar-refractivity contribution in [3.63, 3.8) is 0 Å². The smallest absolute Gasteiger partial charge is 0.221 e. The molecule has 0 bridgehead atoms. The minimum absolute atomic E-state index is 0.0918. The molecule has 0 aromatic carbocycles. The van der Waals surface area contributed by atoms with Crippen molar-refractivity contribution in [2.24, 2.45) is 0 Å². The molecule has 0 amide bonds. The monoisotopic (exact) mass is 304 g/mol. The quantitative estimate of drug-likeness (QED) is 0.572. The Bertz CT molecular complexity index is 470. The predicted octanol–water partition coefficient (Wildman–Crippen LogP) is 1.68. The van der Waals surface area contributed by atoms with Crippen LogP contribution in [-0.4, -0.2) is 32.6 Å². The molecule has 0 aliphatic heterocycles. The Hall–Kier alpha value is -0.450. The van der Waals surface area contributed by atoms with E-state index in [-0.39, 0.29) is 13.8 Å². The summed E-state index contributed by atoms with van der Waals surface area (Å²) in [5, 5.41) is -4.64. The molecule has 17 heavy (non-hydrogen) atoms. The molecule has 0 N–H and O–H groups in total. The summed E-state index contributed by atoms with van der Waals surface area (Å²) >= 11 is 0. The fraction of sp³-hybridized carbons (Fsp3) is 1.00. The van der Waals surface area contributed by atoms with Crippen LogP contribution in [0.5, 0.6) is 0 Å². The third-order valence-electron chi connectivity index (χ3n) is 1.68. The van der Waals surface area contributed by atoms with Crippen molar-refractivity contribution in [2.75, 3.05) is 0 Å². The van der Waals surface area contributed by atoms with Crippen LogP contribution in [0.4, 0.5) is 21.4 Å². The molecule has 0 aromatic heterocycles. The lowest BCUT2D eigenvalue weighted by Gasteiger charge is -2.20. The van der Waals surface area contributed by atoms with E-state index in [1.807, 2.05) is 0 Å². The fourth-order valence-corrected chi connectivity index (χ4v) is 4.07. The summed E-state index contributed by atoms with van der Waals surface area (Å²) in [6, 6.07) is 0. The van der Waals surface area contributed by atoms with Crippen molar-refractivity contribution in [3.05, 3.63) is 0 Å². The molecule has 0 aliphatic carbocycles. The maximum Gasteiger partial charge on any atom is 0.344 e. The Morgan fingerprint density at radius 2 is 1.35 bits per heavy atom. The van der Waals surface area contributed by atoms with E-state index < -0.39 is 42.2 Å². The Morgan fingerprint density at radius 1 is 1.00 bits per heavy atom. The van der Waals surface area contributed by atoms with Gasteiger partial charge in [-0.1, -0.05) is 0 Å². The Balaban J connectivity index is 5.71. The lowest BCUT2D eigenvalue weighted by atomic mass is 10.3. The van der Waals surface area contributed by atoms with Crippen LogP contribution in [0, 0.1) is 0 Å². The summed E-state index contributed by atoms with van der Waals surface area (Å²) in [4.78, 5) is 0. The van der Waals surface area contributed by atoms with Crippen LogP contribution < -0.4 is 0 Å². The highest BCUT2D eigenvalue weighted by Crippen LogP contribution is 2.34. The van der Waals surface area contributed by atoms with Crippen molar-refractivity contribution < 1.29 is 38.3 Å². The molecule has 0 radical (unpaired) electrons. The first-order valence-electron chi connectivity index (χ1n) is 4.01. The third kappa shape index (κ3) is 4.37. The molecule has 11 heteroatoms. The first-order valence-corrected chi connectivity index (χ1v) is 7.01. The van der Waals surface area contributed by atoms with Crippen molar-refractivity contribution in [3.8, 4) is 0 Å². The first-order chi connectivity index (χ1) is 7.09. The number of rotatable bonds is 5. The molecule has 0 fully saturated rings. The third-order valence-corrected chi connectivity index (χ3v) is 5.79. The number of hydrogen-bond acceptors (Lipinski definition) is 4. The van der Waals surface area contributed by atoms with Crippen LogP contribution in [-0.2, 0) is 20.1 Å². The molecule has 0 heterocycles. The second-order valence-corrected chi connectivity index (χ2v) is 7.73. The van der Waals surface area contributed by atoms with E-state index in [1.54, 1.807) is 0 Å². The van der Waals surface area contributed by atoms with Crippen LogP contribution in [0.25, 0.3) is 0 Å². The van der Waals surface area contributed by atoms with Crippen molar-refractivity contribution in [1.82, 2.24) is 0 Å². The van der Waals surface area contributed by atoms with Gasteiger partial charge >= 0.3 is 15.5 Å². The summed E-state index contributed by atoms with van der Waals surface area (Å²) in [7, 11) is -12.0. The highest BCUT2D eigenvalue weighted by atomic mass is 32.3. The highest BCUT2D eigenvalue weighted by molar-refractivity contribution is 8.07. The number of alkyl halides is 4. The van der Waals surface area contributed by atoms with Gasteiger partial charge in [-0.05, 0) is 6.92 Å². The molecule has 104 valence electrons. The lowest BCUT2D eigenvalue weighted by Crippen LogP contribution is -2.41. The zero-order chi connectivity index (χ0) is 14.3. The van der Waals surface area contributed by atoms with E-state index in [9.17, 15) is 38.3 Å².